The molecule has 1 fully saturated rings. The molecule has 0 aliphatic carbocycles. The maximum absolute atomic E-state index is 12.5. The third-order valence-corrected chi connectivity index (χ3v) is 5.00. The maximum atomic E-state index is 12.5. The molecule has 1 aliphatic heterocycles. The Balaban J connectivity index is 1.50. The van der Waals surface area contributed by atoms with E-state index in [4.69, 9.17) is 5.73 Å². The minimum Gasteiger partial charge on any atom is -0.368 e. The molecule has 0 spiro atoms. The Morgan fingerprint density at radius 1 is 1.31 bits per heavy atom. The monoisotopic (exact) mass is 370 g/mol. The first-order valence-corrected chi connectivity index (χ1v) is 9.10. The van der Waals surface area contributed by atoms with Crippen LogP contribution < -0.4 is 16.0 Å². The summed E-state index contributed by atoms with van der Waals surface area (Å²) in [7, 11) is 0. The number of nitrogens with zero attached hydrogens (tertiary/aromatic N) is 6. The van der Waals surface area contributed by atoms with Gasteiger partial charge in [-0.2, -0.15) is 4.98 Å². The standard InChI is InChI=1S/C16H18N8OS/c1-10-8-23(16(25)20-11-4-2-3-5-18-11)6-7-24(10)13-12-14(26-9-19-12)22-15(17)21-13/h2-5,9-10H,6-8H2,1H3,(H2,17,21,22)(H,18,20,25)/t10-/m0/s1. The van der Waals surface area contributed by atoms with Crippen LogP contribution in [0.5, 0.6) is 0 Å². The van der Waals surface area contributed by atoms with Crippen molar-refractivity contribution in [2.75, 3.05) is 35.6 Å². The second kappa shape index (κ2) is 6.71. The first kappa shape index (κ1) is 16.5. The normalized spacial score (nSPS) is 17.5. The Morgan fingerprint density at radius 3 is 2.96 bits per heavy atom. The summed E-state index contributed by atoms with van der Waals surface area (Å²) in [5.74, 6) is 1.51. The van der Waals surface area contributed by atoms with Crippen LogP contribution in [0.1, 0.15) is 6.92 Å². The minimum absolute atomic E-state index is 0.0671. The molecule has 0 unspecified atom stereocenters. The van der Waals surface area contributed by atoms with Crippen molar-refractivity contribution in [3.05, 3.63) is 29.9 Å². The number of nitrogens with two attached hydrogens (primary N) is 1. The van der Waals surface area contributed by atoms with E-state index < -0.39 is 0 Å². The summed E-state index contributed by atoms with van der Waals surface area (Å²) in [6.07, 6.45) is 1.65. The number of hydrogen-bond donors (Lipinski definition) is 2. The molecule has 0 bridgehead atoms. The molecule has 1 aliphatic rings. The molecule has 0 aromatic carbocycles. The number of thiazole rings is 1. The molecule has 3 N–H and O–H groups in total. The van der Waals surface area contributed by atoms with Crippen molar-refractivity contribution < 1.29 is 4.79 Å². The molecule has 1 saturated heterocycles. The largest absolute Gasteiger partial charge is 0.368 e. The van der Waals surface area contributed by atoms with E-state index in [1.807, 2.05) is 12.1 Å². The summed E-state index contributed by atoms with van der Waals surface area (Å²) < 4.78 is 0. The molecule has 0 saturated carbocycles. The molecule has 3 aromatic rings. The molecule has 10 heteroatoms. The molecule has 2 amide bonds. The number of anilines is 3. The van der Waals surface area contributed by atoms with Gasteiger partial charge in [-0.1, -0.05) is 6.07 Å². The van der Waals surface area contributed by atoms with Crippen molar-refractivity contribution in [3.63, 3.8) is 0 Å². The van der Waals surface area contributed by atoms with Gasteiger partial charge in [0.15, 0.2) is 10.6 Å². The summed E-state index contributed by atoms with van der Waals surface area (Å²) in [5.41, 5.74) is 8.34. The average molecular weight is 370 g/mol. The summed E-state index contributed by atoms with van der Waals surface area (Å²) in [6.45, 7) is 3.82. The zero-order valence-electron chi connectivity index (χ0n) is 14.2. The molecule has 26 heavy (non-hydrogen) atoms. The maximum Gasteiger partial charge on any atom is 0.323 e. The lowest BCUT2D eigenvalue weighted by molar-refractivity contribution is 0.200. The Bertz CT molecular complexity index is 930. The van der Waals surface area contributed by atoms with E-state index >= 15 is 0 Å². The van der Waals surface area contributed by atoms with Gasteiger partial charge in [-0.05, 0) is 19.1 Å². The Hall–Kier alpha value is -3.01. The van der Waals surface area contributed by atoms with Gasteiger partial charge in [0.05, 0.1) is 5.51 Å². The molecule has 0 radical (unpaired) electrons. The van der Waals surface area contributed by atoms with E-state index in [2.05, 4.69) is 37.1 Å². The third-order valence-electron chi connectivity index (χ3n) is 4.28. The van der Waals surface area contributed by atoms with Crippen LogP contribution in [-0.2, 0) is 0 Å². The lowest BCUT2D eigenvalue weighted by Gasteiger charge is -2.40. The van der Waals surface area contributed by atoms with E-state index in [-0.39, 0.29) is 18.0 Å². The number of nitrogens with one attached hydrogen (secondary N) is 1. The Kier molecular flexibility index (Phi) is 4.25. The Labute approximate surface area is 153 Å². The van der Waals surface area contributed by atoms with Gasteiger partial charge < -0.3 is 15.5 Å². The van der Waals surface area contributed by atoms with Crippen LogP contribution in [0.2, 0.25) is 0 Å². The zero-order chi connectivity index (χ0) is 18.1. The van der Waals surface area contributed by atoms with Gasteiger partial charge in [0.1, 0.15) is 11.3 Å². The van der Waals surface area contributed by atoms with Gasteiger partial charge in [0.2, 0.25) is 5.95 Å². The fourth-order valence-corrected chi connectivity index (χ4v) is 3.71. The van der Waals surface area contributed by atoms with Crippen LogP contribution in [0.4, 0.5) is 22.4 Å². The van der Waals surface area contributed by atoms with Crippen LogP contribution >= 0.6 is 11.3 Å². The number of nitrogen functional groups attached to an aromatic ring is 1. The van der Waals surface area contributed by atoms with Gasteiger partial charge in [-0.3, -0.25) is 5.32 Å². The lowest BCUT2D eigenvalue weighted by Crippen LogP contribution is -2.55. The van der Waals surface area contributed by atoms with E-state index in [1.54, 1.807) is 22.7 Å². The number of carbonyl (C=O) groups excluding carboxylic acids is 1. The molecular formula is C16H18N8OS. The lowest BCUT2D eigenvalue weighted by atomic mass is 10.2. The fraction of sp³-hybridized carbons (Fsp3) is 0.312. The summed E-state index contributed by atoms with van der Waals surface area (Å²) in [4.78, 5) is 34.3. The third kappa shape index (κ3) is 3.10. The van der Waals surface area contributed by atoms with Crippen molar-refractivity contribution in [1.82, 2.24) is 24.8 Å². The Morgan fingerprint density at radius 2 is 2.19 bits per heavy atom. The molecule has 134 valence electrons. The highest BCUT2D eigenvalue weighted by atomic mass is 32.1. The van der Waals surface area contributed by atoms with Gasteiger partial charge in [0, 0.05) is 31.9 Å². The van der Waals surface area contributed by atoms with Crippen molar-refractivity contribution in [2.24, 2.45) is 0 Å². The van der Waals surface area contributed by atoms with Crippen LogP contribution in [0, 0.1) is 0 Å². The van der Waals surface area contributed by atoms with Crippen molar-refractivity contribution in [1.29, 1.82) is 0 Å². The fourth-order valence-electron chi connectivity index (χ4n) is 3.05. The number of rotatable bonds is 2. The number of fused-ring (bicyclic) bond motifs is 1. The number of hydrogen-bond acceptors (Lipinski definition) is 8. The highest BCUT2D eigenvalue weighted by Gasteiger charge is 2.29. The number of pyridine rings is 1. The summed E-state index contributed by atoms with van der Waals surface area (Å²) >= 11 is 1.44. The second-order valence-electron chi connectivity index (χ2n) is 6.05. The SMILES string of the molecule is C[C@H]1CN(C(=O)Nc2ccccn2)CCN1c1nc(N)nc2scnc12. The molecule has 4 rings (SSSR count). The molecule has 1 atom stereocenters. The van der Waals surface area contributed by atoms with Gasteiger partial charge in [-0.15, -0.1) is 11.3 Å². The van der Waals surface area contributed by atoms with Crippen LogP contribution in [0.3, 0.4) is 0 Å². The first-order chi connectivity index (χ1) is 12.6. The van der Waals surface area contributed by atoms with E-state index in [0.717, 1.165) is 16.2 Å². The van der Waals surface area contributed by atoms with Crippen LogP contribution in [0.25, 0.3) is 10.3 Å². The van der Waals surface area contributed by atoms with Crippen molar-refractivity contribution >= 4 is 45.3 Å². The minimum atomic E-state index is -0.156. The number of amides is 2. The number of urea groups is 1. The van der Waals surface area contributed by atoms with Gasteiger partial charge in [0.25, 0.3) is 0 Å². The quantitative estimate of drug-likeness (QED) is 0.707. The van der Waals surface area contributed by atoms with E-state index in [1.165, 1.54) is 11.3 Å². The van der Waals surface area contributed by atoms with E-state index in [0.29, 0.717) is 25.5 Å². The van der Waals surface area contributed by atoms with E-state index in [9.17, 15) is 4.79 Å². The molecule has 4 heterocycles. The predicted octanol–water partition coefficient (Wildman–Crippen LogP) is 1.81. The number of carbonyl (C=O) groups is 1. The number of aromatic nitrogens is 4. The highest BCUT2D eigenvalue weighted by Crippen LogP contribution is 2.28. The predicted molar refractivity (Wildman–Crippen MR) is 101 cm³/mol. The second-order valence-corrected chi connectivity index (χ2v) is 6.88. The highest BCUT2D eigenvalue weighted by molar-refractivity contribution is 7.16. The van der Waals surface area contributed by atoms with Crippen LogP contribution in [0.15, 0.2) is 29.9 Å². The average Bonchev–Trinajstić information content (AvgIpc) is 3.10. The van der Waals surface area contributed by atoms with Gasteiger partial charge in [-0.25, -0.2) is 19.7 Å². The van der Waals surface area contributed by atoms with Crippen molar-refractivity contribution in [2.45, 2.75) is 13.0 Å². The topological polar surface area (TPSA) is 113 Å². The van der Waals surface area contributed by atoms with Gasteiger partial charge >= 0.3 is 6.03 Å². The van der Waals surface area contributed by atoms with Crippen molar-refractivity contribution in [3.8, 4) is 0 Å². The summed E-state index contributed by atoms with van der Waals surface area (Å²) in [5, 5.41) is 2.82. The smallest absolute Gasteiger partial charge is 0.323 e. The molecule has 3 aromatic heterocycles. The van der Waals surface area contributed by atoms with Crippen LogP contribution in [-0.4, -0.2) is 56.5 Å². The first-order valence-electron chi connectivity index (χ1n) is 8.22. The zero-order valence-corrected chi connectivity index (χ0v) is 15.0. The molecular weight excluding hydrogens is 352 g/mol. The summed E-state index contributed by atoms with van der Waals surface area (Å²) in [6, 6.07) is 5.32. The number of piperazine rings is 1. The molecule has 9 nitrogen and oxygen atoms in total.